The van der Waals surface area contributed by atoms with E-state index in [0.717, 1.165) is 27.0 Å². The van der Waals surface area contributed by atoms with E-state index >= 15 is 0 Å². The number of piperazine rings is 1. The number of thiophene rings is 1. The van der Waals surface area contributed by atoms with Crippen LogP contribution in [-0.4, -0.2) is 59.9 Å². The van der Waals surface area contributed by atoms with Crippen molar-refractivity contribution in [1.82, 2.24) is 19.4 Å². The van der Waals surface area contributed by atoms with Gasteiger partial charge in [0.15, 0.2) is 17.3 Å². The van der Waals surface area contributed by atoms with Crippen LogP contribution in [0.4, 0.5) is 8.78 Å². The molecule has 1 aromatic carbocycles. The fourth-order valence-electron chi connectivity index (χ4n) is 3.07. The number of nitrogens with zero attached hydrogens (tertiary/aromatic N) is 3. The summed E-state index contributed by atoms with van der Waals surface area (Å²) in [6.07, 6.45) is 0. The van der Waals surface area contributed by atoms with Crippen LogP contribution in [0.1, 0.15) is 10.5 Å². The maximum atomic E-state index is 13.4. The highest BCUT2D eigenvalue weighted by Crippen LogP contribution is 2.24. The Morgan fingerprint density at radius 3 is 2.48 bits per heavy atom. The van der Waals surface area contributed by atoms with E-state index in [1.54, 1.807) is 6.07 Å². The molecule has 0 radical (unpaired) electrons. The molecular formula is C18H16F2N4O3S2. The number of hydrogen-bond donors (Lipinski definition) is 1. The first-order chi connectivity index (χ1) is 13.9. The van der Waals surface area contributed by atoms with Crippen LogP contribution in [-0.2, 0) is 10.0 Å². The molecule has 0 bridgehead atoms. The van der Waals surface area contributed by atoms with E-state index in [1.807, 2.05) is 17.5 Å². The van der Waals surface area contributed by atoms with Gasteiger partial charge in [0.1, 0.15) is 0 Å². The van der Waals surface area contributed by atoms with Gasteiger partial charge in [0, 0.05) is 26.2 Å². The van der Waals surface area contributed by atoms with Crippen molar-refractivity contribution in [2.75, 3.05) is 26.2 Å². The van der Waals surface area contributed by atoms with Crippen LogP contribution in [0.5, 0.6) is 0 Å². The normalized spacial score (nSPS) is 15.6. The lowest BCUT2D eigenvalue weighted by Gasteiger charge is -2.33. The number of rotatable bonds is 4. The lowest BCUT2D eigenvalue weighted by Crippen LogP contribution is -2.50. The first kappa shape index (κ1) is 19.7. The number of nitrogens with one attached hydrogen (secondary N) is 1. The number of aromatic amines is 1. The molecule has 1 N–H and O–H groups in total. The minimum absolute atomic E-state index is 0.0509. The third kappa shape index (κ3) is 3.80. The SMILES string of the molecule is O=C(c1cc(-c2cccs2)[nH]n1)N1CCN(S(=O)(=O)c2ccc(F)c(F)c2)CC1. The zero-order valence-electron chi connectivity index (χ0n) is 15.0. The maximum Gasteiger partial charge on any atom is 0.274 e. The fraction of sp³-hybridized carbons (Fsp3) is 0.222. The quantitative estimate of drug-likeness (QED) is 0.678. The van der Waals surface area contributed by atoms with Gasteiger partial charge in [-0.15, -0.1) is 11.3 Å². The summed E-state index contributed by atoms with van der Waals surface area (Å²) in [6.45, 7) is 0.441. The monoisotopic (exact) mass is 438 g/mol. The molecule has 1 fully saturated rings. The number of carbonyl (C=O) groups excluding carboxylic acids is 1. The number of hydrogen-bond acceptors (Lipinski definition) is 5. The second-order valence-corrected chi connectivity index (χ2v) is 9.30. The summed E-state index contributed by atoms with van der Waals surface area (Å²) in [5.74, 6) is -2.63. The Morgan fingerprint density at radius 2 is 1.83 bits per heavy atom. The predicted octanol–water partition coefficient (Wildman–Crippen LogP) is 2.56. The summed E-state index contributed by atoms with van der Waals surface area (Å²) in [4.78, 5) is 14.8. The first-order valence-electron chi connectivity index (χ1n) is 8.70. The van der Waals surface area contributed by atoms with Crippen LogP contribution >= 0.6 is 11.3 Å². The van der Waals surface area contributed by atoms with Gasteiger partial charge in [0.25, 0.3) is 5.91 Å². The molecule has 7 nitrogen and oxygen atoms in total. The van der Waals surface area contributed by atoms with Crippen LogP contribution in [0.15, 0.2) is 46.7 Å². The summed E-state index contributed by atoms with van der Waals surface area (Å²) in [5.41, 5.74) is 0.994. The van der Waals surface area contributed by atoms with Gasteiger partial charge in [-0.1, -0.05) is 6.07 Å². The highest BCUT2D eigenvalue weighted by molar-refractivity contribution is 7.89. The van der Waals surface area contributed by atoms with Gasteiger partial charge in [-0.05, 0) is 35.7 Å². The van der Waals surface area contributed by atoms with Crippen molar-refractivity contribution in [3.05, 3.63) is 59.1 Å². The number of aromatic nitrogens is 2. The van der Waals surface area contributed by atoms with Gasteiger partial charge in [0.05, 0.1) is 15.5 Å². The molecule has 152 valence electrons. The summed E-state index contributed by atoms with van der Waals surface area (Å²) in [6, 6.07) is 7.95. The summed E-state index contributed by atoms with van der Waals surface area (Å²) >= 11 is 1.52. The van der Waals surface area contributed by atoms with E-state index in [-0.39, 0.29) is 42.7 Å². The van der Waals surface area contributed by atoms with E-state index < -0.39 is 21.7 Å². The summed E-state index contributed by atoms with van der Waals surface area (Å²) in [7, 11) is -3.97. The Hall–Kier alpha value is -2.63. The molecule has 0 spiro atoms. The third-order valence-corrected chi connectivity index (χ3v) is 7.44. The van der Waals surface area contributed by atoms with Crippen molar-refractivity contribution in [3.63, 3.8) is 0 Å². The number of halogens is 2. The molecular weight excluding hydrogens is 422 g/mol. The summed E-state index contributed by atoms with van der Waals surface area (Å²) in [5, 5.41) is 8.82. The zero-order chi connectivity index (χ0) is 20.6. The number of benzene rings is 1. The molecule has 0 aliphatic carbocycles. The smallest absolute Gasteiger partial charge is 0.274 e. The first-order valence-corrected chi connectivity index (χ1v) is 11.0. The molecule has 0 unspecified atom stereocenters. The zero-order valence-corrected chi connectivity index (χ0v) is 16.6. The van der Waals surface area contributed by atoms with E-state index in [4.69, 9.17) is 0 Å². The van der Waals surface area contributed by atoms with E-state index in [0.29, 0.717) is 6.07 Å². The van der Waals surface area contributed by atoms with E-state index in [2.05, 4.69) is 10.2 Å². The van der Waals surface area contributed by atoms with Crippen molar-refractivity contribution in [1.29, 1.82) is 0 Å². The van der Waals surface area contributed by atoms with Crippen molar-refractivity contribution >= 4 is 27.3 Å². The Morgan fingerprint density at radius 1 is 1.07 bits per heavy atom. The van der Waals surface area contributed by atoms with Gasteiger partial charge in [0.2, 0.25) is 10.0 Å². The van der Waals surface area contributed by atoms with Crippen LogP contribution in [0.2, 0.25) is 0 Å². The number of H-pyrrole nitrogens is 1. The average Bonchev–Trinajstić information content (AvgIpc) is 3.41. The average molecular weight is 438 g/mol. The number of amides is 1. The Kier molecular flexibility index (Phi) is 5.19. The van der Waals surface area contributed by atoms with E-state index in [1.165, 1.54) is 16.2 Å². The molecule has 3 heterocycles. The standard InChI is InChI=1S/C18H16F2N4O3S2/c19-13-4-3-12(10-14(13)20)29(26,27)24-7-5-23(6-8-24)18(25)16-11-15(21-22-16)17-2-1-9-28-17/h1-4,9-11H,5-8H2,(H,21,22). The van der Waals surface area contributed by atoms with Crippen molar-refractivity contribution in [2.45, 2.75) is 4.90 Å². The molecule has 3 aromatic rings. The second kappa shape index (κ2) is 7.65. The highest BCUT2D eigenvalue weighted by Gasteiger charge is 2.31. The predicted molar refractivity (Wildman–Crippen MR) is 103 cm³/mol. The Labute approximate surface area is 169 Å². The Balaban J connectivity index is 1.43. The van der Waals surface area contributed by atoms with Gasteiger partial charge >= 0.3 is 0 Å². The topological polar surface area (TPSA) is 86.4 Å². The van der Waals surface area contributed by atoms with E-state index in [9.17, 15) is 22.0 Å². The summed E-state index contributed by atoms with van der Waals surface area (Å²) < 4.78 is 53.0. The third-order valence-electron chi connectivity index (χ3n) is 4.64. The van der Waals surface area contributed by atoms with Gasteiger partial charge in [-0.2, -0.15) is 9.40 Å². The lowest BCUT2D eigenvalue weighted by molar-refractivity contribution is 0.0692. The van der Waals surface area contributed by atoms with Crippen LogP contribution in [0.25, 0.3) is 10.6 Å². The van der Waals surface area contributed by atoms with Crippen molar-refractivity contribution in [3.8, 4) is 10.6 Å². The maximum absolute atomic E-state index is 13.4. The Bertz CT molecular complexity index is 1140. The molecule has 0 atom stereocenters. The lowest BCUT2D eigenvalue weighted by atomic mass is 10.2. The molecule has 4 rings (SSSR count). The van der Waals surface area contributed by atoms with Crippen LogP contribution in [0.3, 0.4) is 0 Å². The molecule has 1 aliphatic heterocycles. The number of carbonyl (C=O) groups is 1. The van der Waals surface area contributed by atoms with Crippen LogP contribution < -0.4 is 0 Å². The van der Waals surface area contributed by atoms with Crippen molar-refractivity contribution < 1.29 is 22.0 Å². The molecule has 2 aromatic heterocycles. The fourth-order valence-corrected chi connectivity index (χ4v) is 5.20. The number of sulfonamides is 1. The second-order valence-electron chi connectivity index (χ2n) is 6.42. The van der Waals surface area contributed by atoms with Gasteiger partial charge in [-0.25, -0.2) is 17.2 Å². The minimum atomic E-state index is -3.97. The molecule has 0 saturated carbocycles. The highest BCUT2D eigenvalue weighted by atomic mass is 32.2. The van der Waals surface area contributed by atoms with Gasteiger partial charge in [-0.3, -0.25) is 9.89 Å². The molecule has 1 amide bonds. The molecule has 1 aliphatic rings. The van der Waals surface area contributed by atoms with Crippen LogP contribution in [0, 0.1) is 11.6 Å². The largest absolute Gasteiger partial charge is 0.335 e. The molecule has 11 heteroatoms. The van der Waals surface area contributed by atoms with Crippen molar-refractivity contribution in [2.24, 2.45) is 0 Å². The minimum Gasteiger partial charge on any atom is -0.335 e. The molecule has 1 saturated heterocycles. The van der Waals surface area contributed by atoms with Gasteiger partial charge < -0.3 is 4.90 Å². The molecule has 29 heavy (non-hydrogen) atoms.